The van der Waals surface area contributed by atoms with Crippen LogP contribution in [0.15, 0.2) is 91.3 Å². The predicted molar refractivity (Wildman–Crippen MR) is 172 cm³/mol. The molecule has 2 N–H and O–H groups in total. The number of benzene rings is 3. The van der Waals surface area contributed by atoms with Crippen LogP contribution in [0, 0.1) is 0 Å². The number of carbonyl (C=O) groups excluding carboxylic acids is 3. The summed E-state index contributed by atoms with van der Waals surface area (Å²) in [7, 11) is 0. The van der Waals surface area contributed by atoms with Gasteiger partial charge in [0.15, 0.2) is 5.15 Å². The molecule has 1 atom stereocenters. The zero-order chi connectivity index (χ0) is 32.5. The van der Waals surface area contributed by atoms with Crippen molar-refractivity contribution in [1.82, 2.24) is 35.7 Å². The Labute approximate surface area is 273 Å². The number of aromatic nitrogens is 6. The van der Waals surface area contributed by atoms with E-state index in [-0.39, 0.29) is 17.7 Å². The van der Waals surface area contributed by atoms with Crippen LogP contribution in [-0.2, 0) is 25.5 Å². The molecule has 5 rings (SSSR count). The number of rotatable bonds is 10. The fraction of sp³-hybridized carbons (Fsp3) is 0.125. The molecule has 0 aliphatic heterocycles. The van der Waals surface area contributed by atoms with Crippen LogP contribution in [0.5, 0.6) is 0 Å². The summed E-state index contributed by atoms with van der Waals surface area (Å²) < 4.78 is 6.19. The van der Waals surface area contributed by atoms with Gasteiger partial charge in [-0.1, -0.05) is 65.7 Å². The van der Waals surface area contributed by atoms with Gasteiger partial charge in [0, 0.05) is 27.9 Å². The summed E-state index contributed by atoms with van der Waals surface area (Å²) >= 11 is 12.7. The number of halogens is 2. The second kappa shape index (κ2) is 15.0. The highest BCUT2D eigenvalue weighted by Gasteiger charge is 2.20. The summed E-state index contributed by atoms with van der Waals surface area (Å²) in [6.45, 7) is 1.71. The van der Waals surface area contributed by atoms with Crippen molar-refractivity contribution in [1.29, 1.82) is 0 Å². The first-order valence-corrected chi connectivity index (χ1v) is 14.7. The molecule has 232 valence electrons. The molecule has 0 aliphatic carbocycles. The fourth-order valence-electron chi connectivity index (χ4n) is 4.48. The van der Waals surface area contributed by atoms with E-state index < -0.39 is 17.9 Å². The molecule has 2 heterocycles. The quantitative estimate of drug-likeness (QED) is 0.119. The van der Waals surface area contributed by atoms with E-state index >= 15 is 0 Å². The van der Waals surface area contributed by atoms with E-state index in [1.54, 1.807) is 61.5 Å². The lowest BCUT2D eigenvalue weighted by molar-refractivity contribution is -0.152. The molecule has 0 saturated heterocycles. The lowest BCUT2D eigenvalue weighted by Crippen LogP contribution is -2.29. The van der Waals surface area contributed by atoms with E-state index in [4.69, 9.17) is 27.9 Å². The molecule has 2 amide bonds. The topological polar surface area (TPSA) is 154 Å². The molecule has 5 aromatic rings. The molecular formula is C32H26Cl2N8O4. The molecular weight excluding hydrogens is 631 g/mol. The van der Waals surface area contributed by atoms with Gasteiger partial charge in [-0.15, -0.1) is 10.2 Å². The summed E-state index contributed by atoms with van der Waals surface area (Å²) in [6, 6.07) is 22.6. The third-order valence-electron chi connectivity index (χ3n) is 6.64. The highest BCUT2D eigenvalue weighted by atomic mass is 35.5. The largest absolute Gasteiger partial charge is 0.459 e. The van der Waals surface area contributed by atoms with Crippen molar-refractivity contribution in [2.24, 2.45) is 0 Å². The number of esters is 1. The smallest absolute Gasteiger partial charge is 0.397 e. The molecule has 1 unspecified atom stereocenters. The minimum absolute atomic E-state index is 0.0911. The van der Waals surface area contributed by atoms with E-state index in [2.05, 4.69) is 36.4 Å². The normalized spacial score (nSPS) is 11.6. The van der Waals surface area contributed by atoms with E-state index in [0.717, 1.165) is 5.56 Å². The Morgan fingerprint density at radius 3 is 2.48 bits per heavy atom. The van der Waals surface area contributed by atoms with Gasteiger partial charge in [0.25, 0.3) is 0 Å². The van der Waals surface area contributed by atoms with Gasteiger partial charge in [-0.2, -0.15) is 9.78 Å². The van der Waals surface area contributed by atoms with Gasteiger partial charge in [-0.05, 0) is 77.4 Å². The van der Waals surface area contributed by atoms with Crippen LogP contribution >= 0.6 is 23.2 Å². The van der Waals surface area contributed by atoms with Gasteiger partial charge >= 0.3 is 11.9 Å². The Hall–Kier alpha value is -5.46. The van der Waals surface area contributed by atoms with Gasteiger partial charge in [0.05, 0.1) is 24.0 Å². The first-order chi connectivity index (χ1) is 22.3. The van der Waals surface area contributed by atoms with Crippen molar-refractivity contribution in [2.75, 3.05) is 11.9 Å². The first kappa shape index (κ1) is 31.9. The molecule has 0 fully saturated rings. The van der Waals surface area contributed by atoms with Crippen molar-refractivity contribution in [3.63, 3.8) is 0 Å². The Kier molecular flexibility index (Phi) is 10.4. The summed E-state index contributed by atoms with van der Waals surface area (Å²) in [5, 5.41) is 25.9. The van der Waals surface area contributed by atoms with E-state index in [1.807, 2.05) is 30.3 Å². The lowest BCUT2D eigenvalue weighted by Gasteiger charge is -2.18. The zero-order valence-electron chi connectivity index (χ0n) is 24.3. The number of nitrogens with one attached hydrogen (secondary N) is 2. The second-order valence-corrected chi connectivity index (χ2v) is 10.6. The summed E-state index contributed by atoms with van der Waals surface area (Å²) in [5.74, 6) is -2.24. The number of tetrazole rings is 1. The Morgan fingerprint density at radius 1 is 0.978 bits per heavy atom. The molecule has 3 aromatic carbocycles. The van der Waals surface area contributed by atoms with Crippen LogP contribution in [0.25, 0.3) is 22.9 Å². The SMILES string of the molecule is CCOC(=O)C(=O)Nc1ccc(-c2cc(C(Cc3ccccc3)NC(=O)/C=C/c3cc(Cl)ccc3-n3cnnn3)nnc2Cl)cc1. The standard InChI is InChI=1S/C32H26Cl2N8O4/c1-2-46-32(45)31(44)36-24-12-8-21(9-13-24)25-18-27(38-39-30(25)34)26(16-20-6-4-3-5-7-20)37-29(43)15-10-22-17-23(33)11-14-28(22)42-19-35-40-41-42/h3-15,17-19,26H,2,16H2,1H3,(H,36,44)(H,37,43)/b15-10+. The molecule has 0 spiro atoms. The zero-order valence-corrected chi connectivity index (χ0v) is 25.8. The van der Waals surface area contributed by atoms with Crippen LogP contribution in [0.1, 0.15) is 29.8 Å². The second-order valence-electron chi connectivity index (χ2n) is 9.77. The number of carbonyl (C=O) groups is 3. The van der Waals surface area contributed by atoms with E-state index in [0.29, 0.717) is 45.2 Å². The molecule has 2 aromatic heterocycles. The highest BCUT2D eigenvalue weighted by molar-refractivity contribution is 6.37. The number of hydrogen-bond acceptors (Lipinski definition) is 9. The molecule has 12 nitrogen and oxygen atoms in total. The van der Waals surface area contributed by atoms with Gasteiger partial charge < -0.3 is 15.4 Å². The van der Waals surface area contributed by atoms with Gasteiger partial charge in [-0.3, -0.25) is 9.59 Å². The number of amides is 2. The van der Waals surface area contributed by atoms with E-state index in [1.165, 1.54) is 17.1 Å². The maximum absolute atomic E-state index is 13.3. The van der Waals surface area contributed by atoms with Gasteiger partial charge in [0.2, 0.25) is 5.91 Å². The van der Waals surface area contributed by atoms with E-state index in [9.17, 15) is 14.4 Å². The van der Waals surface area contributed by atoms with Crippen LogP contribution in [0.3, 0.4) is 0 Å². The number of ether oxygens (including phenoxy) is 1. The minimum atomic E-state index is -0.973. The highest BCUT2D eigenvalue weighted by Crippen LogP contribution is 2.30. The summed E-state index contributed by atoms with van der Waals surface area (Å²) in [5.41, 5.74) is 4.33. The molecule has 0 radical (unpaired) electrons. The third kappa shape index (κ3) is 8.17. The van der Waals surface area contributed by atoms with Crippen LogP contribution in [0.4, 0.5) is 5.69 Å². The summed E-state index contributed by atoms with van der Waals surface area (Å²) in [6.07, 6.45) is 4.88. The first-order valence-electron chi connectivity index (χ1n) is 14.0. The van der Waals surface area contributed by atoms with Crippen LogP contribution in [0.2, 0.25) is 10.2 Å². The molecule has 0 saturated carbocycles. The number of hydrogen-bond donors (Lipinski definition) is 2. The predicted octanol–water partition coefficient (Wildman–Crippen LogP) is 5.04. The monoisotopic (exact) mass is 656 g/mol. The lowest BCUT2D eigenvalue weighted by atomic mass is 10.00. The molecule has 0 bridgehead atoms. The number of anilines is 1. The summed E-state index contributed by atoms with van der Waals surface area (Å²) in [4.78, 5) is 37.0. The third-order valence-corrected chi connectivity index (χ3v) is 7.15. The van der Waals surface area contributed by atoms with Crippen LogP contribution < -0.4 is 10.6 Å². The van der Waals surface area contributed by atoms with Crippen molar-refractivity contribution in [3.8, 4) is 16.8 Å². The van der Waals surface area contributed by atoms with Gasteiger partial charge in [0.1, 0.15) is 6.33 Å². The average Bonchev–Trinajstić information content (AvgIpc) is 3.60. The van der Waals surface area contributed by atoms with Gasteiger partial charge in [-0.25, -0.2) is 4.79 Å². The molecule has 46 heavy (non-hydrogen) atoms. The fourth-order valence-corrected chi connectivity index (χ4v) is 4.86. The Morgan fingerprint density at radius 2 is 1.76 bits per heavy atom. The molecule has 0 aliphatic rings. The van der Waals surface area contributed by atoms with Crippen molar-refractivity contribution < 1.29 is 19.1 Å². The van der Waals surface area contributed by atoms with Crippen molar-refractivity contribution in [2.45, 2.75) is 19.4 Å². The Bertz CT molecular complexity index is 1870. The molecule has 14 heteroatoms. The average molecular weight is 658 g/mol. The maximum Gasteiger partial charge on any atom is 0.397 e. The van der Waals surface area contributed by atoms with Crippen LogP contribution in [-0.4, -0.2) is 54.8 Å². The minimum Gasteiger partial charge on any atom is -0.459 e. The van der Waals surface area contributed by atoms with Crippen molar-refractivity contribution in [3.05, 3.63) is 118 Å². The Balaban J connectivity index is 1.39. The maximum atomic E-state index is 13.3. The number of nitrogens with zero attached hydrogens (tertiary/aromatic N) is 6. The van der Waals surface area contributed by atoms with Crippen molar-refractivity contribution >= 4 is 52.7 Å².